The largest absolute Gasteiger partial charge is 0.339 e. The number of hydrogen-bond donors (Lipinski definition) is 1. The maximum Gasteiger partial charge on any atom is 0.226 e. The molecule has 122 valence electrons. The lowest BCUT2D eigenvalue weighted by atomic mass is 10.1. The van der Waals surface area contributed by atoms with E-state index in [4.69, 9.17) is 17.3 Å². The molecule has 0 radical (unpaired) electrons. The highest BCUT2D eigenvalue weighted by Gasteiger charge is 2.49. The van der Waals surface area contributed by atoms with Crippen molar-refractivity contribution < 1.29 is 9.18 Å². The molecule has 1 heterocycles. The van der Waals surface area contributed by atoms with Crippen molar-refractivity contribution in [1.82, 2.24) is 4.90 Å². The van der Waals surface area contributed by atoms with Gasteiger partial charge in [0.25, 0.3) is 0 Å². The molecule has 1 aromatic rings. The number of amides is 1. The Morgan fingerprint density at radius 2 is 2.18 bits per heavy atom. The number of nitrogens with zero attached hydrogens (tertiary/aromatic N) is 1. The number of likely N-dealkylation sites (tertiary alicyclic amines) is 1. The monoisotopic (exact) mass is 346 g/mol. The van der Waals surface area contributed by atoms with Crippen LogP contribution in [0.3, 0.4) is 0 Å². The first kappa shape index (κ1) is 17.5. The van der Waals surface area contributed by atoms with Crippen LogP contribution >= 0.6 is 24.0 Å². The molecule has 6 heteroatoms. The number of rotatable bonds is 3. The molecule has 1 aromatic carbocycles. The fraction of sp³-hybridized carbons (Fsp3) is 0.562. The van der Waals surface area contributed by atoms with Crippen LogP contribution in [-0.2, 0) is 4.79 Å². The van der Waals surface area contributed by atoms with Gasteiger partial charge in [0.05, 0.1) is 0 Å². The Bertz CT molecular complexity index is 549. The van der Waals surface area contributed by atoms with Crippen LogP contribution in [-0.4, -0.2) is 29.9 Å². The summed E-state index contributed by atoms with van der Waals surface area (Å²) in [6.07, 6.45) is 1.65. The van der Waals surface area contributed by atoms with Crippen molar-refractivity contribution in [3.05, 3.63) is 34.6 Å². The van der Waals surface area contributed by atoms with E-state index in [0.717, 1.165) is 13.0 Å². The molecule has 2 aliphatic rings. The topological polar surface area (TPSA) is 46.3 Å². The molecule has 3 rings (SSSR count). The van der Waals surface area contributed by atoms with E-state index in [0.29, 0.717) is 29.5 Å². The molecule has 1 amide bonds. The molecule has 0 bridgehead atoms. The van der Waals surface area contributed by atoms with Gasteiger partial charge < -0.3 is 10.6 Å². The minimum Gasteiger partial charge on any atom is -0.339 e. The Kier molecular flexibility index (Phi) is 5.36. The predicted molar refractivity (Wildman–Crippen MR) is 87.8 cm³/mol. The van der Waals surface area contributed by atoms with Crippen molar-refractivity contribution in [2.75, 3.05) is 13.1 Å². The molecule has 4 atom stereocenters. The van der Waals surface area contributed by atoms with E-state index in [1.165, 1.54) is 6.07 Å². The highest BCUT2D eigenvalue weighted by molar-refractivity contribution is 6.31. The first-order valence-corrected chi connectivity index (χ1v) is 7.85. The second-order valence-electron chi connectivity index (χ2n) is 6.26. The third kappa shape index (κ3) is 3.10. The van der Waals surface area contributed by atoms with E-state index in [1.54, 1.807) is 12.1 Å². The van der Waals surface area contributed by atoms with Gasteiger partial charge >= 0.3 is 0 Å². The zero-order valence-electron chi connectivity index (χ0n) is 12.5. The number of carbonyl (C=O) groups is 1. The summed E-state index contributed by atoms with van der Waals surface area (Å²) in [7, 11) is 0. The van der Waals surface area contributed by atoms with Gasteiger partial charge in [0, 0.05) is 35.0 Å². The average Bonchev–Trinajstić information content (AvgIpc) is 3.13. The van der Waals surface area contributed by atoms with E-state index < -0.39 is 0 Å². The summed E-state index contributed by atoms with van der Waals surface area (Å²) in [5, 5.41) is 0.421. The Balaban J connectivity index is 0.00000176. The smallest absolute Gasteiger partial charge is 0.226 e. The molecule has 0 spiro atoms. The van der Waals surface area contributed by atoms with Gasteiger partial charge in [0.2, 0.25) is 5.91 Å². The first-order chi connectivity index (χ1) is 10.0. The molecule has 0 aromatic heterocycles. The van der Waals surface area contributed by atoms with Gasteiger partial charge in [-0.2, -0.15) is 0 Å². The number of benzene rings is 1. The molecule has 3 nitrogen and oxygen atoms in total. The van der Waals surface area contributed by atoms with E-state index in [2.05, 4.69) is 6.92 Å². The predicted octanol–water partition coefficient (Wildman–Crippen LogP) is 3.20. The van der Waals surface area contributed by atoms with Crippen molar-refractivity contribution >= 4 is 29.9 Å². The highest BCUT2D eigenvalue weighted by Crippen LogP contribution is 2.51. The van der Waals surface area contributed by atoms with Crippen LogP contribution in [0.2, 0.25) is 5.02 Å². The minimum atomic E-state index is -0.308. The lowest BCUT2D eigenvalue weighted by Crippen LogP contribution is -2.35. The van der Waals surface area contributed by atoms with Gasteiger partial charge in [-0.1, -0.05) is 17.7 Å². The van der Waals surface area contributed by atoms with Crippen LogP contribution in [0.15, 0.2) is 18.2 Å². The lowest BCUT2D eigenvalue weighted by Gasteiger charge is -2.21. The third-order valence-electron chi connectivity index (χ3n) is 4.76. The quantitative estimate of drug-likeness (QED) is 0.913. The SMILES string of the molecule is CC1CC(CN)CN1C(=O)C1CC1c1c(F)cccc1Cl.Cl. The maximum atomic E-state index is 13.9. The van der Waals surface area contributed by atoms with Crippen LogP contribution in [0.5, 0.6) is 0 Å². The molecular weight excluding hydrogens is 326 g/mol. The molecule has 22 heavy (non-hydrogen) atoms. The molecule has 4 unspecified atom stereocenters. The Labute approximate surface area is 141 Å². The van der Waals surface area contributed by atoms with E-state index >= 15 is 0 Å². The Morgan fingerprint density at radius 1 is 1.45 bits per heavy atom. The average molecular weight is 347 g/mol. The molecule has 2 N–H and O–H groups in total. The van der Waals surface area contributed by atoms with Crippen molar-refractivity contribution in [3.63, 3.8) is 0 Å². The van der Waals surface area contributed by atoms with Crippen molar-refractivity contribution in [2.45, 2.75) is 31.7 Å². The second kappa shape index (κ2) is 6.73. The van der Waals surface area contributed by atoms with Crippen LogP contribution in [0, 0.1) is 17.7 Å². The zero-order chi connectivity index (χ0) is 15.1. The molecular formula is C16H21Cl2FN2O. The zero-order valence-corrected chi connectivity index (χ0v) is 14.0. The molecule has 2 fully saturated rings. The normalized spacial score (nSPS) is 30.1. The van der Waals surface area contributed by atoms with E-state index in [1.807, 2.05) is 4.90 Å². The fourth-order valence-corrected chi connectivity index (χ4v) is 3.79. The number of nitrogens with two attached hydrogens (primary N) is 1. The molecule has 1 saturated carbocycles. The van der Waals surface area contributed by atoms with Crippen LogP contribution < -0.4 is 5.73 Å². The standard InChI is InChI=1S/C16H20ClFN2O.ClH/c1-9-5-10(7-19)8-20(9)16(21)12-6-11(12)15-13(17)3-2-4-14(15)18;/h2-4,9-12H,5-8,19H2,1H3;1H. The van der Waals surface area contributed by atoms with Crippen molar-refractivity contribution in [2.24, 2.45) is 17.6 Å². The summed E-state index contributed by atoms with van der Waals surface area (Å²) < 4.78 is 13.9. The third-order valence-corrected chi connectivity index (χ3v) is 5.09. The van der Waals surface area contributed by atoms with Crippen LogP contribution in [0.25, 0.3) is 0 Å². The maximum absolute atomic E-state index is 13.9. The van der Waals surface area contributed by atoms with Crippen molar-refractivity contribution in [1.29, 1.82) is 0 Å². The lowest BCUT2D eigenvalue weighted by molar-refractivity contribution is -0.133. The Morgan fingerprint density at radius 3 is 2.77 bits per heavy atom. The summed E-state index contributed by atoms with van der Waals surface area (Å²) in [5.74, 6) is 0.00627. The van der Waals surface area contributed by atoms with E-state index in [-0.39, 0.29) is 42.0 Å². The Hall–Kier alpha value is -0.840. The van der Waals surface area contributed by atoms with Gasteiger partial charge in [-0.25, -0.2) is 4.39 Å². The minimum absolute atomic E-state index is 0. The van der Waals surface area contributed by atoms with Crippen LogP contribution in [0.1, 0.15) is 31.2 Å². The molecule has 1 aliphatic heterocycles. The molecule has 1 saturated heterocycles. The molecule has 1 aliphatic carbocycles. The van der Waals surface area contributed by atoms with Gasteiger partial charge in [0.1, 0.15) is 5.82 Å². The first-order valence-electron chi connectivity index (χ1n) is 7.47. The van der Waals surface area contributed by atoms with Gasteiger partial charge in [-0.15, -0.1) is 12.4 Å². The van der Waals surface area contributed by atoms with E-state index in [9.17, 15) is 9.18 Å². The van der Waals surface area contributed by atoms with Gasteiger partial charge in [-0.3, -0.25) is 4.79 Å². The van der Waals surface area contributed by atoms with Gasteiger partial charge in [0.15, 0.2) is 0 Å². The summed E-state index contributed by atoms with van der Waals surface area (Å²) in [4.78, 5) is 14.5. The van der Waals surface area contributed by atoms with Crippen molar-refractivity contribution in [3.8, 4) is 0 Å². The van der Waals surface area contributed by atoms with Crippen LogP contribution in [0.4, 0.5) is 4.39 Å². The summed E-state index contributed by atoms with van der Waals surface area (Å²) in [6.45, 7) is 3.40. The number of carbonyl (C=O) groups excluding carboxylic acids is 1. The summed E-state index contributed by atoms with van der Waals surface area (Å²) >= 11 is 6.09. The number of halogens is 3. The van der Waals surface area contributed by atoms with Gasteiger partial charge in [-0.05, 0) is 44.4 Å². The summed E-state index contributed by atoms with van der Waals surface area (Å²) in [6, 6.07) is 4.91. The fourth-order valence-electron chi connectivity index (χ4n) is 3.49. The second-order valence-corrected chi connectivity index (χ2v) is 6.67. The summed E-state index contributed by atoms with van der Waals surface area (Å²) in [5.41, 5.74) is 6.20. The number of hydrogen-bond acceptors (Lipinski definition) is 2. The highest BCUT2D eigenvalue weighted by atomic mass is 35.5.